The molecule has 28 heavy (non-hydrogen) atoms. The summed E-state index contributed by atoms with van der Waals surface area (Å²) in [4.78, 5) is 16.3. The Kier molecular flexibility index (Phi) is 3.87. The Balaban J connectivity index is 1.64. The lowest BCUT2D eigenvalue weighted by atomic mass is 10.0. The molecule has 0 saturated heterocycles. The fourth-order valence-corrected chi connectivity index (χ4v) is 3.37. The number of benzene rings is 2. The van der Waals surface area contributed by atoms with Gasteiger partial charge >= 0.3 is 0 Å². The third kappa shape index (κ3) is 2.81. The monoisotopic (exact) mass is 367 g/mol. The molecule has 2 aromatic carbocycles. The van der Waals surface area contributed by atoms with Crippen molar-refractivity contribution in [2.24, 2.45) is 0 Å². The Bertz CT molecular complexity index is 1280. The van der Waals surface area contributed by atoms with Gasteiger partial charge in [0.2, 0.25) is 0 Å². The van der Waals surface area contributed by atoms with Gasteiger partial charge in [0.1, 0.15) is 17.9 Å². The van der Waals surface area contributed by atoms with Crippen molar-refractivity contribution in [3.63, 3.8) is 0 Å². The maximum absolute atomic E-state index is 5.59. The van der Waals surface area contributed by atoms with Crippen LogP contribution in [0.25, 0.3) is 32.9 Å². The molecule has 5 rings (SSSR count). The van der Waals surface area contributed by atoms with E-state index < -0.39 is 0 Å². The molecule has 3 aromatic heterocycles. The van der Waals surface area contributed by atoms with E-state index in [-0.39, 0.29) is 0 Å². The minimum absolute atomic E-state index is 0.743. The number of hydrogen-bond acceptors (Lipinski definition) is 5. The van der Waals surface area contributed by atoms with Gasteiger partial charge in [0.25, 0.3) is 0 Å². The van der Waals surface area contributed by atoms with E-state index in [0.29, 0.717) is 0 Å². The van der Waals surface area contributed by atoms with Gasteiger partial charge in [-0.05, 0) is 36.4 Å². The van der Waals surface area contributed by atoms with Gasteiger partial charge in [-0.25, -0.2) is 9.97 Å². The van der Waals surface area contributed by atoms with Gasteiger partial charge in [0, 0.05) is 57.8 Å². The minimum Gasteiger partial charge on any atom is -0.496 e. The molecule has 0 atom stereocenters. The summed E-state index contributed by atoms with van der Waals surface area (Å²) in [5, 5.41) is 5.48. The van der Waals surface area contributed by atoms with Crippen molar-refractivity contribution < 1.29 is 4.74 Å². The molecule has 5 aromatic rings. The zero-order valence-electron chi connectivity index (χ0n) is 15.2. The maximum atomic E-state index is 5.59. The Labute approximate surface area is 161 Å². The van der Waals surface area contributed by atoms with Crippen LogP contribution in [0.5, 0.6) is 5.75 Å². The number of rotatable bonds is 4. The molecule has 3 heterocycles. The first-order chi connectivity index (χ1) is 13.8. The lowest BCUT2D eigenvalue weighted by Gasteiger charge is -2.13. The zero-order valence-corrected chi connectivity index (χ0v) is 15.2. The number of pyridine rings is 1. The number of nitrogens with zero attached hydrogens (tertiary/aromatic N) is 3. The lowest BCUT2D eigenvalue weighted by molar-refractivity contribution is 0.417. The fourth-order valence-electron chi connectivity index (χ4n) is 3.37. The second-order valence-corrected chi connectivity index (χ2v) is 6.44. The molecule has 0 spiro atoms. The average molecular weight is 367 g/mol. The zero-order chi connectivity index (χ0) is 18.9. The molecule has 0 fully saturated rings. The van der Waals surface area contributed by atoms with Gasteiger partial charge < -0.3 is 15.0 Å². The number of ether oxygens (including phenoxy) is 1. The molecule has 0 aliphatic heterocycles. The number of nitrogens with one attached hydrogen (secondary N) is 2. The number of hydrogen-bond donors (Lipinski definition) is 2. The molecule has 0 unspecified atom stereocenters. The van der Waals surface area contributed by atoms with Crippen molar-refractivity contribution >= 4 is 33.3 Å². The highest BCUT2D eigenvalue weighted by molar-refractivity contribution is 5.96. The van der Waals surface area contributed by atoms with Crippen LogP contribution in [-0.4, -0.2) is 27.0 Å². The first kappa shape index (κ1) is 16.3. The number of aromatic amines is 1. The number of aromatic nitrogens is 4. The highest BCUT2D eigenvalue weighted by atomic mass is 16.5. The number of H-pyrrole nitrogens is 1. The molecule has 0 aliphatic rings. The molecular weight excluding hydrogens is 350 g/mol. The predicted molar refractivity (Wildman–Crippen MR) is 111 cm³/mol. The predicted octanol–water partition coefficient (Wildman–Crippen LogP) is 4.93. The van der Waals surface area contributed by atoms with E-state index in [4.69, 9.17) is 4.74 Å². The highest BCUT2D eigenvalue weighted by Crippen LogP contribution is 2.35. The topological polar surface area (TPSA) is 75.7 Å². The molecule has 0 radical (unpaired) electrons. The highest BCUT2D eigenvalue weighted by Gasteiger charge is 2.12. The first-order valence-corrected chi connectivity index (χ1v) is 8.89. The number of anilines is 2. The molecule has 0 amide bonds. The Morgan fingerprint density at radius 2 is 2.00 bits per heavy atom. The molecule has 6 heteroatoms. The number of fused-ring (bicyclic) bond motifs is 2. The van der Waals surface area contributed by atoms with Crippen LogP contribution in [0.15, 0.2) is 73.4 Å². The molecule has 2 N–H and O–H groups in total. The SMILES string of the molecule is COc1cc2ncnc(Nc3ccc4[nH]ccc4c3)c2cc1-c1cccnc1. The van der Waals surface area contributed by atoms with Gasteiger partial charge in [0.15, 0.2) is 0 Å². The van der Waals surface area contributed by atoms with Crippen molar-refractivity contribution in [1.82, 2.24) is 19.9 Å². The van der Waals surface area contributed by atoms with Crippen LogP contribution in [-0.2, 0) is 0 Å². The van der Waals surface area contributed by atoms with E-state index >= 15 is 0 Å². The lowest BCUT2D eigenvalue weighted by Crippen LogP contribution is -1.97. The van der Waals surface area contributed by atoms with Gasteiger partial charge in [-0.3, -0.25) is 4.98 Å². The van der Waals surface area contributed by atoms with Crippen molar-refractivity contribution in [2.75, 3.05) is 12.4 Å². The Morgan fingerprint density at radius 3 is 2.86 bits per heavy atom. The Hall–Kier alpha value is -3.93. The average Bonchev–Trinajstić information content (AvgIpc) is 3.21. The van der Waals surface area contributed by atoms with Crippen LogP contribution in [0, 0.1) is 0 Å². The van der Waals surface area contributed by atoms with Gasteiger partial charge in [-0.1, -0.05) is 6.07 Å². The third-order valence-corrected chi connectivity index (χ3v) is 4.75. The largest absolute Gasteiger partial charge is 0.496 e. The summed E-state index contributed by atoms with van der Waals surface area (Å²) < 4.78 is 5.59. The summed E-state index contributed by atoms with van der Waals surface area (Å²) in [6, 6.07) is 16.1. The Morgan fingerprint density at radius 1 is 1.04 bits per heavy atom. The standard InChI is InChI=1S/C22H17N5O/c1-28-21-11-20-18(10-17(21)15-3-2-7-23-12-15)22(26-13-25-20)27-16-4-5-19-14(9-16)6-8-24-19/h2-13,24H,1H3,(H,25,26,27). The fraction of sp³-hybridized carbons (Fsp3) is 0.0455. The van der Waals surface area contributed by atoms with Crippen molar-refractivity contribution in [3.05, 3.63) is 73.4 Å². The van der Waals surface area contributed by atoms with Crippen molar-refractivity contribution in [1.29, 1.82) is 0 Å². The van der Waals surface area contributed by atoms with E-state index in [0.717, 1.165) is 50.2 Å². The molecule has 0 aliphatic carbocycles. The van der Waals surface area contributed by atoms with E-state index in [1.54, 1.807) is 19.6 Å². The van der Waals surface area contributed by atoms with E-state index in [1.807, 2.05) is 54.9 Å². The smallest absolute Gasteiger partial charge is 0.141 e. The summed E-state index contributed by atoms with van der Waals surface area (Å²) in [7, 11) is 1.66. The third-order valence-electron chi connectivity index (χ3n) is 4.75. The van der Waals surface area contributed by atoms with Gasteiger partial charge in [-0.2, -0.15) is 0 Å². The molecular formula is C22H17N5O. The van der Waals surface area contributed by atoms with Gasteiger partial charge in [-0.15, -0.1) is 0 Å². The molecule has 6 nitrogen and oxygen atoms in total. The van der Waals surface area contributed by atoms with E-state index in [9.17, 15) is 0 Å². The minimum atomic E-state index is 0.743. The van der Waals surface area contributed by atoms with E-state index in [2.05, 4.69) is 31.3 Å². The summed E-state index contributed by atoms with van der Waals surface area (Å²) in [5.41, 5.74) is 4.80. The van der Waals surface area contributed by atoms with Gasteiger partial charge in [0.05, 0.1) is 12.6 Å². The molecule has 136 valence electrons. The molecule has 0 bridgehead atoms. The van der Waals surface area contributed by atoms with Crippen LogP contribution in [0.2, 0.25) is 0 Å². The normalized spacial score (nSPS) is 11.0. The summed E-state index contributed by atoms with van der Waals surface area (Å²) in [5.74, 6) is 1.49. The van der Waals surface area contributed by atoms with Crippen molar-refractivity contribution in [2.45, 2.75) is 0 Å². The summed E-state index contributed by atoms with van der Waals surface area (Å²) in [6.45, 7) is 0. The second-order valence-electron chi connectivity index (χ2n) is 6.44. The first-order valence-electron chi connectivity index (χ1n) is 8.89. The second kappa shape index (κ2) is 6.66. The van der Waals surface area contributed by atoms with Crippen LogP contribution in [0.3, 0.4) is 0 Å². The number of methoxy groups -OCH3 is 1. The quantitative estimate of drug-likeness (QED) is 0.471. The summed E-state index contributed by atoms with van der Waals surface area (Å²) >= 11 is 0. The van der Waals surface area contributed by atoms with Crippen molar-refractivity contribution in [3.8, 4) is 16.9 Å². The maximum Gasteiger partial charge on any atom is 0.141 e. The van der Waals surface area contributed by atoms with Crippen LogP contribution < -0.4 is 10.1 Å². The van der Waals surface area contributed by atoms with Crippen LogP contribution in [0.4, 0.5) is 11.5 Å². The van der Waals surface area contributed by atoms with Crippen LogP contribution >= 0.6 is 0 Å². The molecule has 0 saturated carbocycles. The van der Waals surface area contributed by atoms with Crippen LogP contribution in [0.1, 0.15) is 0 Å². The van der Waals surface area contributed by atoms with E-state index in [1.165, 1.54) is 0 Å². The summed E-state index contributed by atoms with van der Waals surface area (Å²) in [6.07, 6.45) is 7.06.